The van der Waals surface area contributed by atoms with Gasteiger partial charge in [0.15, 0.2) is 5.13 Å². The van der Waals surface area contributed by atoms with Gasteiger partial charge in [0.1, 0.15) is 0 Å². The third-order valence-corrected chi connectivity index (χ3v) is 4.61. The van der Waals surface area contributed by atoms with Crippen molar-refractivity contribution >= 4 is 56.2 Å². The summed E-state index contributed by atoms with van der Waals surface area (Å²) in [5.41, 5.74) is 2.04. The Hall–Kier alpha value is -2.70. The van der Waals surface area contributed by atoms with Crippen LogP contribution in [0.4, 0.5) is 5.13 Å². The lowest BCUT2D eigenvalue weighted by Gasteiger charge is -2.00. The highest BCUT2D eigenvalue weighted by Crippen LogP contribution is 2.27. The zero-order valence-corrected chi connectivity index (χ0v) is 15.4. The Kier molecular flexibility index (Phi) is 5.65. The Morgan fingerprint density at radius 1 is 1.23 bits per heavy atom. The van der Waals surface area contributed by atoms with Crippen LogP contribution in [0, 0.1) is 0 Å². The molecule has 3 aromatic rings. The summed E-state index contributed by atoms with van der Waals surface area (Å²) < 4.78 is 5.79. The molecule has 3 rings (SSSR count). The average molecular weight is 387 g/mol. The molecule has 0 aliphatic rings. The second-order valence-corrected chi connectivity index (χ2v) is 6.76. The highest BCUT2D eigenvalue weighted by Gasteiger charge is 2.11. The number of amides is 1. The van der Waals surface area contributed by atoms with Crippen molar-refractivity contribution in [3.63, 3.8) is 0 Å². The first kappa shape index (κ1) is 18.1. The largest absolute Gasteiger partial charge is 0.462 e. The van der Waals surface area contributed by atoms with Crippen molar-refractivity contribution in [2.24, 2.45) is 0 Å². The van der Waals surface area contributed by atoms with Gasteiger partial charge in [0.25, 0.3) is 0 Å². The van der Waals surface area contributed by atoms with E-state index in [1.807, 2.05) is 12.1 Å². The van der Waals surface area contributed by atoms with E-state index in [0.717, 1.165) is 10.3 Å². The van der Waals surface area contributed by atoms with Gasteiger partial charge in [-0.3, -0.25) is 10.1 Å². The van der Waals surface area contributed by atoms with Crippen molar-refractivity contribution in [3.8, 4) is 0 Å². The molecular formula is C19H15ClN2O3S. The van der Waals surface area contributed by atoms with Gasteiger partial charge in [0.2, 0.25) is 5.91 Å². The number of benzene rings is 2. The lowest BCUT2D eigenvalue weighted by atomic mass is 10.2. The van der Waals surface area contributed by atoms with E-state index >= 15 is 0 Å². The summed E-state index contributed by atoms with van der Waals surface area (Å²) in [6.45, 7) is 2.08. The number of aromatic nitrogens is 1. The van der Waals surface area contributed by atoms with E-state index in [9.17, 15) is 9.59 Å². The van der Waals surface area contributed by atoms with Crippen LogP contribution in [0.15, 0.2) is 48.5 Å². The van der Waals surface area contributed by atoms with E-state index in [-0.39, 0.29) is 11.9 Å². The molecule has 0 bridgehead atoms. The Morgan fingerprint density at radius 2 is 2.00 bits per heavy atom. The van der Waals surface area contributed by atoms with Crippen LogP contribution in [0.2, 0.25) is 5.02 Å². The minimum absolute atomic E-state index is 0.287. The first-order chi connectivity index (χ1) is 12.5. The maximum atomic E-state index is 12.1. The number of rotatable bonds is 5. The van der Waals surface area contributed by atoms with Crippen LogP contribution in [0.1, 0.15) is 22.8 Å². The van der Waals surface area contributed by atoms with Crippen LogP contribution in [0.5, 0.6) is 0 Å². The summed E-state index contributed by atoms with van der Waals surface area (Å²) in [6, 6.07) is 12.3. The van der Waals surface area contributed by atoms with E-state index < -0.39 is 0 Å². The Balaban J connectivity index is 1.71. The first-order valence-electron chi connectivity index (χ1n) is 7.87. The van der Waals surface area contributed by atoms with Gasteiger partial charge in [0.05, 0.1) is 22.4 Å². The van der Waals surface area contributed by atoms with Gasteiger partial charge in [-0.2, -0.15) is 0 Å². The number of carbonyl (C=O) groups is 2. The van der Waals surface area contributed by atoms with E-state index in [2.05, 4.69) is 10.3 Å². The quantitative estimate of drug-likeness (QED) is 0.506. The number of thiazole rings is 1. The molecule has 0 fully saturated rings. The second-order valence-electron chi connectivity index (χ2n) is 5.30. The maximum Gasteiger partial charge on any atom is 0.338 e. The fourth-order valence-corrected chi connectivity index (χ4v) is 3.25. The maximum absolute atomic E-state index is 12.1. The van der Waals surface area contributed by atoms with Gasteiger partial charge in [0, 0.05) is 11.1 Å². The van der Waals surface area contributed by atoms with E-state index in [0.29, 0.717) is 27.8 Å². The van der Waals surface area contributed by atoms with Crippen molar-refractivity contribution in [1.29, 1.82) is 0 Å². The number of carbonyl (C=O) groups excluding carboxylic acids is 2. The molecular weight excluding hydrogens is 372 g/mol. The molecule has 5 nitrogen and oxygen atoms in total. The van der Waals surface area contributed by atoms with Gasteiger partial charge in [-0.25, -0.2) is 9.78 Å². The van der Waals surface area contributed by atoms with Crippen molar-refractivity contribution in [2.75, 3.05) is 11.9 Å². The molecule has 0 aliphatic carbocycles. The topological polar surface area (TPSA) is 68.3 Å². The van der Waals surface area contributed by atoms with E-state index in [4.69, 9.17) is 16.3 Å². The number of halogens is 1. The first-order valence-corrected chi connectivity index (χ1v) is 9.07. The molecule has 7 heteroatoms. The van der Waals surface area contributed by atoms with Crippen molar-refractivity contribution < 1.29 is 14.3 Å². The third kappa shape index (κ3) is 4.47. The highest BCUT2D eigenvalue weighted by molar-refractivity contribution is 7.22. The minimum Gasteiger partial charge on any atom is -0.462 e. The minimum atomic E-state index is -0.376. The molecule has 1 heterocycles. The van der Waals surface area contributed by atoms with Crippen LogP contribution in [0.3, 0.4) is 0 Å². The van der Waals surface area contributed by atoms with Gasteiger partial charge in [-0.15, -0.1) is 0 Å². The summed E-state index contributed by atoms with van der Waals surface area (Å²) in [5.74, 6) is -0.663. The summed E-state index contributed by atoms with van der Waals surface area (Å²) >= 11 is 7.13. The molecule has 1 amide bonds. The lowest BCUT2D eigenvalue weighted by Crippen LogP contribution is -2.07. The standard InChI is InChI=1S/C19H15ClN2O3S/c1-2-25-18(24)13-6-9-15-16(11-13)26-19(21-15)22-17(23)10-5-12-3-7-14(20)8-4-12/h3-11H,2H2,1H3,(H,21,22,23)/b10-5+. The van der Waals surface area contributed by atoms with Crippen molar-refractivity contribution in [2.45, 2.75) is 6.92 Å². The Labute approximate surface area is 159 Å². The Morgan fingerprint density at radius 3 is 2.73 bits per heavy atom. The molecule has 0 radical (unpaired) electrons. The van der Waals surface area contributed by atoms with Gasteiger partial charge in [-0.1, -0.05) is 35.1 Å². The molecule has 0 saturated heterocycles. The van der Waals surface area contributed by atoms with E-state index in [1.165, 1.54) is 17.4 Å². The molecule has 26 heavy (non-hydrogen) atoms. The van der Waals surface area contributed by atoms with Crippen LogP contribution in [0.25, 0.3) is 16.3 Å². The molecule has 1 aromatic heterocycles. The number of anilines is 1. The van der Waals surface area contributed by atoms with E-state index in [1.54, 1.807) is 43.3 Å². The third-order valence-electron chi connectivity index (χ3n) is 3.43. The molecule has 0 unspecified atom stereocenters. The molecule has 0 spiro atoms. The number of hydrogen-bond donors (Lipinski definition) is 1. The Bertz CT molecular complexity index is 980. The molecule has 0 aliphatic heterocycles. The van der Waals surface area contributed by atoms with Crippen LogP contribution >= 0.6 is 22.9 Å². The van der Waals surface area contributed by atoms with Crippen molar-refractivity contribution in [1.82, 2.24) is 4.98 Å². The average Bonchev–Trinajstić information content (AvgIpc) is 3.02. The van der Waals surface area contributed by atoms with Crippen molar-refractivity contribution in [3.05, 3.63) is 64.7 Å². The monoisotopic (exact) mass is 386 g/mol. The second kappa shape index (κ2) is 8.12. The summed E-state index contributed by atoms with van der Waals surface area (Å²) in [6.07, 6.45) is 3.12. The van der Waals surface area contributed by atoms with Crippen LogP contribution in [-0.2, 0) is 9.53 Å². The molecule has 1 N–H and O–H groups in total. The fourth-order valence-electron chi connectivity index (χ4n) is 2.21. The number of fused-ring (bicyclic) bond motifs is 1. The molecule has 0 atom stereocenters. The summed E-state index contributed by atoms with van der Waals surface area (Å²) in [4.78, 5) is 28.2. The normalized spacial score (nSPS) is 11.0. The summed E-state index contributed by atoms with van der Waals surface area (Å²) in [7, 11) is 0. The zero-order valence-electron chi connectivity index (χ0n) is 13.9. The number of nitrogens with one attached hydrogen (secondary N) is 1. The molecule has 0 saturated carbocycles. The SMILES string of the molecule is CCOC(=O)c1ccc2nc(NC(=O)/C=C/c3ccc(Cl)cc3)sc2c1. The lowest BCUT2D eigenvalue weighted by molar-refractivity contribution is -0.111. The zero-order chi connectivity index (χ0) is 18.5. The highest BCUT2D eigenvalue weighted by atomic mass is 35.5. The van der Waals surface area contributed by atoms with Gasteiger partial charge in [-0.05, 0) is 48.9 Å². The predicted octanol–water partition coefficient (Wildman–Crippen LogP) is 4.78. The smallest absolute Gasteiger partial charge is 0.338 e. The predicted molar refractivity (Wildman–Crippen MR) is 105 cm³/mol. The van der Waals surface area contributed by atoms with Crippen LogP contribution in [-0.4, -0.2) is 23.5 Å². The number of esters is 1. The number of nitrogens with zero attached hydrogens (tertiary/aromatic N) is 1. The van der Waals surface area contributed by atoms with Gasteiger partial charge >= 0.3 is 5.97 Å². The summed E-state index contributed by atoms with van der Waals surface area (Å²) in [5, 5.41) is 3.83. The van der Waals surface area contributed by atoms with Gasteiger partial charge < -0.3 is 4.74 Å². The molecule has 2 aromatic carbocycles. The van der Waals surface area contributed by atoms with Crippen LogP contribution < -0.4 is 5.32 Å². The molecule has 132 valence electrons. The fraction of sp³-hybridized carbons (Fsp3) is 0.105. The number of hydrogen-bond acceptors (Lipinski definition) is 5. The number of ether oxygens (including phenoxy) is 1.